The molecule has 0 aromatic carbocycles. The lowest BCUT2D eigenvalue weighted by Crippen LogP contribution is -2.40. The highest BCUT2D eigenvalue weighted by atomic mass is 16.5. The third-order valence-electron chi connectivity index (χ3n) is 2.64. The minimum absolute atomic E-state index is 0.0402. The second-order valence-corrected chi connectivity index (χ2v) is 4.30. The van der Waals surface area contributed by atoms with Gasteiger partial charge in [-0.05, 0) is 31.6 Å². The Hall–Kier alpha value is -2.57. The number of aryl methyl sites for hydroxylation is 1. The Kier molecular flexibility index (Phi) is 6.19. The summed E-state index contributed by atoms with van der Waals surface area (Å²) in [5.41, 5.74) is 0. The molecule has 114 valence electrons. The van der Waals surface area contributed by atoms with Gasteiger partial charge in [0.1, 0.15) is 17.6 Å². The van der Waals surface area contributed by atoms with E-state index in [0.29, 0.717) is 11.5 Å². The van der Waals surface area contributed by atoms with Crippen molar-refractivity contribution in [2.24, 2.45) is 0 Å². The van der Waals surface area contributed by atoms with Gasteiger partial charge in [-0.2, -0.15) is 0 Å². The first kappa shape index (κ1) is 16.5. The van der Waals surface area contributed by atoms with Crippen LogP contribution >= 0.6 is 0 Å². The van der Waals surface area contributed by atoms with Crippen molar-refractivity contribution < 1.29 is 28.6 Å². The molecule has 1 aromatic rings. The predicted octanol–water partition coefficient (Wildman–Crippen LogP) is 1.12. The second kappa shape index (κ2) is 7.88. The van der Waals surface area contributed by atoms with Gasteiger partial charge < -0.3 is 19.6 Å². The van der Waals surface area contributed by atoms with Gasteiger partial charge in [0.2, 0.25) is 5.91 Å². The first-order valence-electron chi connectivity index (χ1n) is 6.27. The number of rotatable bonds is 7. The Labute approximate surface area is 121 Å². The molecule has 1 aromatic heterocycles. The highest BCUT2D eigenvalue weighted by Crippen LogP contribution is 2.08. The van der Waals surface area contributed by atoms with Crippen LogP contribution in [0.4, 0.5) is 0 Å². The third-order valence-corrected chi connectivity index (χ3v) is 2.64. The minimum Gasteiger partial charge on any atom is -0.480 e. The number of esters is 1. The fourth-order valence-electron chi connectivity index (χ4n) is 1.54. The fourth-order valence-corrected chi connectivity index (χ4v) is 1.54. The van der Waals surface area contributed by atoms with Crippen molar-refractivity contribution in [1.29, 1.82) is 0 Å². The topological polar surface area (TPSA) is 106 Å². The molecule has 7 nitrogen and oxygen atoms in total. The van der Waals surface area contributed by atoms with Crippen LogP contribution in [0.5, 0.6) is 0 Å². The van der Waals surface area contributed by atoms with Crippen LogP contribution in [0.2, 0.25) is 0 Å². The summed E-state index contributed by atoms with van der Waals surface area (Å²) in [4.78, 5) is 33.6. The molecular formula is C14H17NO6. The molecule has 1 atom stereocenters. The van der Waals surface area contributed by atoms with Crippen LogP contribution in [0.15, 0.2) is 22.6 Å². The normalized spacial score (nSPS) is 12.1. The SMILES string of the molecule is COC(=O)CC[C@H](NC(=O)/C=C/c1ccc(C)o1)C(=O)O. The van der Waals surface area contributed by atoms with E-state index in [-0.39, 0.29) is 12.8 Å². The van der Waals surface area contributed by atoms with Crippen LogP contribution in [0, 0.1) is 6.92 Å². The summed E-state index contributed by atoms with van der Waals surface area (Å²) in [6, 6.07) is 2.28. The molecule has 0 unspecified atom stereocenters. The highest BCUT2D eigenvalue weighted by molar-refractivity contribution is 5.94. The second-order valence-electron chi connectivity index (χ2n) is 4.30. The number of carbonyl (C=O) groups excluding carboxylic acids is 2. The number of hydrogen-bond donors (Lipinski definition) is 2. The van der Waals surface area contributed by atoms with Gasteiger partial charge in [0.25, 0.3) is 0 Å². The van der Waals surface area contributed by atoms with E-state index < -0.39 is 23.9 Å². The smallest absolute Gasteiger partial charge is 0.326 e. The quantitative estimate of drug-likeness (QED) is 0.577. The molecule has 0 radical (unpaired) electrons. The maximum Gasteiger partial charge on any atom is 0.326 e. The van der Waals surface area contributed by atoms with Gasteiger partial charge in [-0.3, -0.25) is 9.59 Å². The van der Waals surface area contributed by atoms with Gasteiger partial charge in [-0.25, -0.2) is 4.79 Å². The third kappa shape index (κ3) is 5.94. The van der Waals surface area contributed by atoms with Crippen LogP contribution < -0.4 is 5.32 Å². The summed E-state index contributed by atoms with van der Waals surface area (Å²) in [6.45, 7) is 1.77. The molecule has 1 amide bonds. The summed E-state index contributed by atoms with van der Waals surface area (Å²) in [5.74, 6) is -1.13. The fraction of sp³-hybridized carbons (Fsp3) is 0.357. The van der Waals surface area contributed by atoms with Crippen LogP contribution in [0.1, 0.15) is 24.4 Å². The van der Waals surface area contributed by atoms with E-state index in [2.05, 4.69) is 10.1 Å². The summed E-state index contributed by atoms with van der Waals surface area (Å²) < 4.78 is 9.66. The molecule has 0 aliphatic heterocycles. The number of carboxylic acid groups (broad SMARTS) is 1. The number of aliphatic carboxylic acids is 1. The summed E-state index contributed by atoms with van der Waals surface area (Å²) >= 11 is 0. The average molecular weight is 295 g/mol. The highest BCUT2D eigenvalue weighted by Gasteiger charge is 2.20. The number of methoxy groups -OCH3 is 1. The van der Waals surface area contributed by atoms with Gasteiger partial charge >= 0.3 is 11.9 Å². The first-order chi connectivity index (χ1) is 9.92. The van der Waals surface area contributed by atoms with E-state index in [1.54, 1.807) is 19.1 Å². The molecule has 7 heteroatoms. The predicted molar refractivity (Wildman–Crippen MR) is 73.3 cm³/mol. The average Bonchev–Trinajstić information content (AvgIpc) is 2.86. The molecule has 0 bridgehead atoms. The molecule has 0 saturated carbocycles. The van der Waals surface area contributed by atoms with Gasteiger partial charge in [0.05, 0.1) is 7.11 Å². The molecule has 2 N–H and O–H groups in total. The molecule has 0 fully saturated rings. The maximum absolute atomic E-state index is 11.6. The first-order valence-corrected chi connectivity index (χ1v) is 6.27. The minimum atomic E-state index is -1.21. The van der Waals surface area contributed by atoms with Gasteiger partial charge in [-0.15, -0.1) is 0 Å². The van der Waals surface area contributed by atoms with Gasteiger partial charge in [0.15, 0.2) is 0 Å². The summed E-state index contributed by atoms with van der Waals surface area (Å²) in [6.07, 6.45) is 2.48. The van der Waals surface area contributed by atoms with Crippen LogP contribution in [0.25, 0.3) is 6.08 Å². The van der Waals surface area contributed by atoms with Crippen molar-refractivity contribution in [3.05, 3.63) is 29.7 Å². The number of amides is 1. The lowest BCUT2D eigenvalue weighted by atomic mass is 10.1. The van der Waals surface area contributed by atoms with E-state index in [1.165, 1.54) is 19.3 Å². The zero-order chi connectivity index (χ0) is 15.8. The Morgan fingerprint density at radius 1 is 1.43 bits per heavy atom. The van der Waals surface area contributed by atoms with Crippen molar-refractivity contribution >= 4 is 23.9 Å². The number of furan rings is 1. The van der Waals surface area contributed by atoms with Crippen LogP contribution in [-0.4, -0.2) is 36.1 Å². The van der Waals surface area contributed by atoms with E-state index in [9.17, 15) is 14.4 Å². The van der Waals surface area contributed by atoms with E-state index in [4.69, 9.17) is 9.52 Å². The number of hydrogen-bond acceptors (Lipinski definition) is 5. The summed E-state index contributed by atoms with van der Waals surface area (Å²) in [7, 11) is 1.21. The number of ether oxygens (including phenoxy) is 1. The Bertz CT molecular complexity index is 545. The molecule has 0 aliphatic rings. The van der Waals surface area contributed by atoms with Crippen LogP contribution in [0.3, 0.4) is 0 Å². The van der Waals surface area contributed by atoms with Crippen LogP contribution in [-0.2, 0) is 19.1 Å². The Morgan fingerprint density at radius 2 is 2.14 bits per heavy atom. The van der Waals surface area contributed by atoms with E-state index in [1.807, 2.05) is 0 Å². The molecule has 1 heterocycles. The standard InChI is InChI=1S/C14H17NO6/c1-9-3-4-10(21-9)5-7-12(16)15-11(14(18)19)6-8-13(17)20-2/h3-5,7,11H,6,8H2,1-2H3,(H,15,16)(H,18,19)/b7-5+/t11-/m0/s1. The summed E-state index contributed by atoms with van der Waals surface area (Å²) in [5, 5.41) is 11.3. The van der Waals surface area contributed by atoms with Gasteiger partial charge in [0, 0.05) is 12.5 Å². The largest absolute Gasteiger partial charge is 0.480 e. The van der Waals surface area contributed by atoms with Crippen molar-refractivity contribution in [3.63, 3.8) is 0 Å². The number of carbonyl (C=O) groups is 3. The van der Waals surface area contributed by atoms with Crippen molar-refractivity contribution in [3.8, 4) is 0 Å². The zero-order valence-electron chi connectivity index (χ0n) is 11.8. The lowest BCUT2D eigenvalue weighted by Gasteiger charge is -2.12. The zero-order valence-corrected chi connectivity index (χ0v) is 11.8. The molecular weight excluding hydrogens is 278 g/mol. The van der Waals surface area contributed by atoms with Crippen molar-refractivity contribution in [2.75, 3.05) is 7.11 Å². The lowest BCUT2D eigenvalue weighted by molar-refractivity contribution is -0.143. The number of nitrogens with one attached hydrogen (secondary N) is 1. The maximum atomic E-state index is 11.6. The number of carboxylic acids is 1. The molecule has 0 spiro atoms. The molecule has 1 rings (SSSR count). The monoisotopic (exact) mass is 295 g/mol. The Morgan fingerprint density at radius 3 is 2.67 bits per heavy atom. The van der Waals surface area contributed by atoms with E-state index >= 15 is 0 Å². The van der Waals surface area contributed by atoms with Crippen molar-refractivity contribution in [2.45, 2.75) is 25.8 Å². The molecule has 0 aliphatic carbocycles. The Balaban J connectivity index is 2.54. The molecule has 21 heavy (non-hydrogen) atoms. The molecule has 0 saturated heterocycles. The van der Waals surface area contributed by atoms with E-state index in [0.717, 1.165) is 0 Å². The van der Waals surface area contributed by atoms with Crippen molar-refractivity contribution in [1.82, 2.24) is 5.32 Å². The van der Waals surface area contributed by atoms with Gasteiger partial charge in [-0.1, -0.05) is 0 Å².